The Morgan fingerprint density at radius 2 is 1.87 bits per heavy atom. The molecule has 0 rings (SSSR count). The molecule has 0 aromatic heterocycles. The van der Waals surface area contributed by atoms with E-state index in [1.165, 1.54) is 0 Å². The minimum Gasteiger partial charge on any atom is -0.480 e. The van der Waals surface area contributed by atoms with Crippen LogP contribution in [-0.2, 0) is 15.0 Å². The van der Waals surface area contributed by atoms with Gasteiger partial charge in [0, 0.05) is 13.1 Å². The van der Waals surface area contributed by atoms with Crippen molar-refractivity contribution in [3.63, 3.8) is 0 Å². The summed E-state index contributed by atoms with van der Waals surface area (Å²) in [7, 11) is -3.84. The number of aliphatic hydroxyl groups excluding tert-OH is 1. The highest BCUT2D eigenvalue weighted by Crippen LogP contribution is 1.98. The molecule has 3 N–H and O–H groups in total. The van der Waals surface area contributed by atoms with Crippen molar-refractivity contribution in [2.45, 2.75) is 19.9 Å². The maximum Gasteiger partial charge on any atom is 0.324 e. The second-order valence-corrected chi connectivity index (χ2v) is 4.48. The maximum absolute atomic E-state index is 11.5. The molecule has 0 radical (unpaired) electrons. The van der Waals surface area contributed by atoms with Crippen LogP contribution >= 0.6 is 0 Å². The Balaban J connectivity index is 4.68. The smallest absolute Gasteiger partial charge is 0.324 e. The molecule has 0 spiro atoms. The van der Waals surface area contributed by atoms with Crippen LogP contribution in [0.3, 0.4) is 0 Å². The summed E-state index contributed by atoms with van der Waals surface area (Å²) in [5.74, 6) is -1.41. The number of nitrogens with zero attached hydrogens (tertiary/aromatic N) is 1. The van der Waals surface area contributed by atoms with Crippen LogP contribution in [0.5, 0.6) is 0 Å². The van der Waals surface area contributed by atoms with Crippen LogP contribution in [0.1, 0.15) is 13.8 Å². The number of nitrogens with one attached hydrogen (secondary N) is 1. The summed E-state index contributed by atoms with van der Waals surface area (Å²) in [6.45, 7) is 2.97. The van der Waals surface area contributed by atoms with Crippen LogP contribution in [-0.4, -0.2) is 54.6 Å². The molecule has 8 heteroatoms. The fourth-order valence-electron chi connectivity index (χ4n) is 0.984. The maximum atomic E-state index is 11.5. The number of carboxylic acids is 1. The number of hydrogen-bond acceptors (Lipinski definition) is 4. The number of rotatable bonds is 7. The Bertz CT molecular complexity index is 299. The van der Waals surface area contributed by atoms with Gasteiger partial charge >= 0.3 is 5.97 Å². The summed E-state index contributed by atoms with van der Waals surface area (Å²) in [6.07, 6.45) is 0. The predicted molar refractivity (Wildman–Crippen MR) is 53.5 cm³/mol. The van der Waals surface area contributed by atoms with Gasteiger partial charge < -0.3 is 10.2 Å². The number of aliphatic hydroxyl groups is 1. The van der Waals surface area contributed by atoms with Crippen molar-refractivity contribution < 1.29 is 23.4 Å². The highest BCUT2D eigenvalue weighted by molar-refractivity contribution is 7.87. The van der Waals surface area contributed by atoms with E-state index in [1.54, 1.807) is 13.8 Å². The third-order valence-electron chi connectivity index (χ3n) is 1.82. The van der Waals surface area contributed by atoms with Crippen LogP contribution in [0, 0.1) is 0 Å². The summed E-state index contributed by atoms with van der Waals surface area (Å²) < 4.78 is 26.0. The molecule has 90 valence electrons. The van der Waals surface area contributed by atoms with Gasteiger partial charge in [-0.2, -0.15) is 17.4 Å². The number of carbonyl (C=O) groups is 1. The molecule has 15 heavy (non-hydrogen) atoms. The van der Waals surface area contributed by atoms with Crippen LogP contribution in [0.25, 0.3) is 0 Å². The van der Waals surface area contributed by atoms with Crippen molar-refractivity contribution >= 4 is 16.2 Å². The first-order chi connectivity index (χ1) is 6.88. The van der Waals surface area contributed by atoms with Gasteiger partial charge in [-0.05, 0) is 0 Å². The molecule has 0 aromatic carbocycles. The molecular formula is C7H16N2O5S. The van der Waals surface area contributed by atoms with Crippen molar-refractivity contribution in [1.82, 2.24) is 9.03 Å². The van der Waals surface area contributed by atoms with E-state index in [0.29, 0.717) is 0 Å². The van der Waals surface area contributed by atoms with Crippen LogP contribution < -0.4 is 4.72 Å². The Morgan fingerprint density at radius 3 is 2.13 bits per heavy atom. The fraction of sp³-hybridized carbons (Fsp3) is 0.857. The lowest BCUT2D eigenvalue weighted by Crippen LogP contribution is -2.49. The summed E-state index contributed by atoms with van der Waals surface area (Å²) in [4.78, 5) is 10.5. The number of carboxylic acid groups (broad SMARTS) is 1. The van der Waals surface area contributed by atoms with Gasteiger partial charge in [0.05, 0.1) is 6.61 Å². The average Bonchev–Trinajstić information content (AvgIpc) is 2.15. The van der Waals surface area contributed by atoms with Crippen molar-refractivity contribution in [2.24, 2.45) is 0 Å². The molecule has 0 saturated heterocycles. The molecule has 7 nitrogen and oxygen atoms in total. The highest BCUT2D eigenvalue weighted by atomic mass is 32.2. The van der Waals surface area contributed by atoms with E-state index in [1.807, 2.05) is 4.72 Å². The van der Waals surface area contributed by atoms with E-state index in [4.69, 9.17) is 10.2 Å². The van der Waals surface area contributed by atoms with Gasteiger partial charge in [0.2, 0.25) is 0 Å². The lowest BCUT2D eigenvalue weighted by molar-refractivity contribution is -0.139. The Labute approximate surface area is 88.9 Å². The number of hydrogen-bond donors (Lipinski definition) is 3. The van der Waals surface area contributed by atoms with E-state index in [2.05, 4.69) is 0 Å². The molecule has 0 amide bonds. The zero-order valence-electron chi connectivity index (χ0n) is 8.67. The molecule has 0 aliphatic rings. The molecule has 1 atom stereocenters. The molecule has 0 aliphatic carbocycles. The topological polar surface area (TPSA) is 107 Å². The molecule has 0 heterocycles. The third kappa shape index (κ3) is 4.12. The second-order valence-electron chi connectivity index (χ2n) is 2.78. The SMILES string of the molecule is CCN(CC)S(=O)(=O)NC(CO)C(=O)O. The fourth-order valence-corrected chi connectivity index (χ4v) is 2.35. The van der Waals surface area contributed by atoms with Gasteiger partial charge in [-0.15, -0.1) is 0 Å². The predicted octanol–water partition coefficient (Wildman–Crippen LogP) is -1.39. The van der Waals surface area contributed by atoms with Crippen molar-refractivity contribution in [1.29, 1.82) is 0 Å². The molecule has 0 aromatic rings. The highest BCUT2D eigenvalue weighted by Gasteiger charge is 2.26. The summed E-state index contributed by atoms with van der Waals surface area (Å²) in [5, 5.41) is 17.2. The van der Waals surface area contributed by atoms with Gasteiger partial charge in [0.15, 0.2) is 0 Å². The minimum absolute atomic E-state index is 0.240. The number of aliphatic carboxylic acids is 1. The van der Waals surface area contributed by atoms with E-state index in [9.17, 15) is 13.2 Å². The zero-order chi connectivity index (χ0) is 12.1. The minimum atomic E-state index is -3.84. The van der Waals surface area contributed by atoms with Gasteiger partial charge in [-0.3, -0.25) is 4.79 Å². The van der Waals surface area contributed by atoms with E-state index < -0.39 is 28.8 Å². The molecule has 0 aliphatic heterocycles. The quantitative estimate of drug-likeness (QED) is 0.508. The van der Waals surface area contributed by atoms with Gasteiger partial charge in [-0.1, -0.05) is 13.8 Å². The summed E-state index contributed by atoms with van der Waals surface area (Å²) in [5.41, 5.74) is 0. The van der Waals surface area contributed by atoms with Crippen molar-refractivity contribution in [2.75, 3.05) is 19.7 Å². The van der Waals surface area contributed by atoms with E-state index in [0.717, 1.165) is 4.31 Å². The van der Waals surface area contributed by atoms with E-state index in [-0.39, 0.29) is 13.1 Å². The summed E-state index contributed by atoms with van der Waals surface area (Å²) in [6, 6.07) is -1.50. The molecular weight excluding hydrogens is 224 g/mol. The Kier molecular flexibility index (Phi) is 5.73. The van der Waals surface area contributed by atoms with Gasteiger partial charge in [-0.25, -0.2) is 0 Å². The second kappa shape index (κ2) is 6.01. The monoisotopic (exact) mass is 240 g/mol. The first kappa shape index (κ1) is 14.3. The lowest BCUT2D eigenvalue weighted by Gasteiger charge is -2.21. The van der Waals surface area contributed by atoms with Crippen molar-refractivity contribution in [3.8, 4) is 0 Å². The third-order valence-corrected chi connectivity index (χ3v) is 3.60. The van der Waals surface area contributed by atoms with Crippen molar-refractivity contribution in [3.05, 3.63) is 0 Å². The Hall–Kier alpha value is -0.700. The van der Waals surface area contributed by atoms with Crippen LogP contribution in [0.2, 0.25) is 0 Å². The average molecular weight is 240 g/mol. The van der Waals surface area contributed by atoms with Crippen LogP contribution in [0.4, 0.5) is 0 Å². The van der Waals surface area contributed by atoms with Gasteiger partial charge in [0.25, 0.3) is 10.2 Å². The van der Waals surface area contributed by atoms with E-state index >= 15 is 0 Å². The standard InChI is InChI=1S/C7H16N2O5S/c1-3-9(4-2)15(13,14)8-6(5-10)7(11)12/h6,8,10H,3-5H2,1-2H3,(H,11,12). The molecule has 0 bridgehead atoms. The zero-order valence-corrected chi connectivity index (χ0v) is 9.49. The normalized spacial score (nSPS) is 14.1. The first-order valence-electron chi connectivity index (χ1n) is 4.50. The lowest BCUT2D eigenvalue weighted by atomic mass is 10.3. The largest absolute Gasteiger partial charge is 0.480 e. The van der Waals surface area contributed by atoms with Crippen LogP contribution in [0.15, 0.2) is 0 Å². The molecule has 1 unspecified atom stereocenters. The Morgan fingerprint density at radius 1 is 1.40 bits per heavy atom. The summed E-state index contributed by atoms with van der Waals surface area (Å²) >= 11 is 0. The van der Waals surface area contributed by atoms with Gasteiger partial charge in [0.1, 0.15) is 6.04 Å². The first-order valence-corrected chi connectivity index (χ1v) is 5.94. The molecule has 0 fully saturated rings. The molecule has 0 saturated carbocycles.